The zero-order chi connectivity index (χ0) is 13.3. The molecule has 0 spiro atoms. The number of aliphatic carboxylic acids is 1. The van der Waals surface area contributed by atoms with Crippen LogP contribution in [0.15, 0.2) is 0 Å². The van der Waals surface area contributed by atoms with Gasteiger partial charge in [-0.1, -0.05) is 0 Å². The van der Waals surface area contributed by atoms with Gasteiger partial charge in [0.15, 0.2) is 0 Å². The first-order chi connectivity index (χ1) is 7.87. The van der Waals surface area contributed by atoms with Crippen LogP contribution in [0.2, 0.25) is 0 Å². The third-order valence-corrected chi connectivity index (χ3v) is 2.99. The van der Waals surface area contributed by atoms with Gasteiger partial charge in [0.2, 0.25) is 15.9 Å². The van der Waals surface area contributed by atoms with Crippen LogP contribution in [-0.4, -0.2) is 58.0 Å². The van der Waals surface area contributed by atoms with Crippen molar-refractivity contribution in [1.29, 1.82) is 0 Å². The molecule has 0 unspecified atom stereocenters. The molecule has 100 valence electrons. The highest BCUT2D eigenvalue weighted by molar-refractivity contribution is 7.89. The van der Waals surface area contributed by atoms with Gasteiger partial charge in [-0.3, -0.25) is 9.59 Å². The molecular formula is C8H16N2O6S. The molecule has 0 saturated heterocycles. The van der Waals surface area contributed by atoms with Crippen LogP contribution in [0, 0.1) is 0 Å². The zero-order valence-electron chi connectivity index (χ0n) is 9.43. The van der Waals surface area contributed by atoms with Crippen LogP contribution in [0.25, 0.3) is 0 Å². The summed E-state index contributed by atoms with van der Waals surface area (Å²) in [4.78, 5) is 21.3. The predicted molar refractivity (Wildman–Crippen MR) is 58.9 cm³/mol. The second-order valence-corrected chi connectivity index (χ2v) is 5.05. The molecule has 0 aliphatic heterocycles. The minimum absolute atomic E-state index is 0.284. The molecule has 0 fully saturated rings. The van der Waals surface area contributed by atoms with E-state index >= 15 is 0 Å². The van der Waals surface area contributed by atoms with Crippen LogP contribution < -0.4 is 10.0 Å². The Bertz CT molecular complexity index is 353. The number of amides is 1. The van der Waals surface area contributed by atoms with E-state index in [0.717, 1.165) is 0 Å². The Hall–Kier alpha value is -1.19. The number of hydrogen-bond donors (Lipinski definition) is 3. The number of hydrogen-bond acceptors (Lipinski definition) is 5. The van der Waals surface area contributed by atoms with E-state index in [1.165, 1.54) is 7.11 Å². The topological polar surface area (TPSA) is 122 Å². The van der Waals surface area contributed by atoms with Gasteiger partial charge in [-0.05, 0) is 0 Å². The molecule has 0 rings (SSSR count). The van der Waals surface area contributed by atoms with Gasteiger partial charge in [-0.15, -0.1) is 0 Å². The number of carboxylic acids is 1. The number of carbonyl (C=O) groups is 2. The first-order valence-electron chi connectivity index (χ1n) is 4.82. The highest BCUT2D eigenvalue weighted by Gasteiger charge is 2.13. The summed E-state index contributed by atoms with van der Waals surface area (Å²) in [5.41, 5.74) is 0. The lowest BCUT2D eigenvalue weighted by Crippen LogP contribution is -2.39. The third kappa shape index (κ3) is 9.72. The summed E-state index contributed by atoms with van der Waals surface area (Å²) >= 11 is 0. The number of nitrogens with one attached hydrogen (secondary N) is 2. The number of rotatable bonds is 9. The van der Waals surface area contributed by atoms with Crippen LogP contribution in [0.3, 0.4) is 0 Å². The Morgan fingerprint density at radius 2 is 2.00 bits per heavy atom. The molecule has 0 heterocycles. The van der Waals surface area contributed by atoms with Gasteiger partial charge >= 0.3 is 5.97 Å². The summed E-state index contributed by atoms with van der Waals surface area (Å²) in [5.74, 6) is -2.26. The van der Waals surface area contributed by atoms with Crippen molar-refractivity contribution in [3.05, 3.63) is 0 Å². The van der Waals surface area contributed by atoms with E-state index in [1.807, 2.05) is 4.72 Å². The normalized spacial score (nSPS) is 11.1. The Labute approximate surface area is 99.4 Å². The molecule has 0 aromatic heterocycles. The monoisotopic (exact) mass is 268 g/mol. The van der Waals surface area contributed by atoms with Crippen LogP contribution in [0.4, 0.5) is 0 Å². The molecule has 17 heavy (non-hydrogen) atoms. The molecule has 0 aliphatic rings. The molecule has 0 bridgehead atoms. The van der Waals surface area contributed by atoms with Crippen molar-refractivity contribution >= 4 is 21.9 Å². The van der Waals surface area contributed by atoms with Gasteiger partial charge in [0, 0.05) is 13.7 Å². The van der Waals surface area contributed by atoms with Crippen molar-refractivity contribution in [1.82, 2.24) is 10.0 Å². The first kappa shape index (κ1) is 15.8. The van der Waals surface area contributed by atoms with Crippen LogP contribution in [-0.2, 0) is 24.3 Å². The van der Waals surface area contributed by atoms with Crippen LogP contribution >= 0.6 is 0 Å². The summed E-state index contributed by atoms with van der Waals surface area (Å²) in [6.45, 7) is 0.204. The molecule has 0 atom stereocenters. The van der Waals surface area contributed by atoms with Crippen LogP contribution in [0.1, 0.15) is 6.42 Å². The average molecular weight is 268 g/mol. The molecular weight excluding hydrogens is 252 g/mol. The largest absolute Gasteiger partial charge is 0.481 e. The van der Waals surface area contributed by atoms with Gasteiger partial charge < -0.3 is 15.2 Å². The van der Waals surface area contributed by atoms with Gasteiger partial charge in [-0.2, -0.15) is 0 Å². The Morgan fingerprint density at radius 3 is 2.53 bits per heavy atom. The fraction of sp³-hybridized carbons (Fsp3) is 0.750. The van der Waals surface area contributed by atoms with E-state index in [0.29, 0.717) is 6.61 Å². The number of methoxy groups -OCH3 is 1. The minimum atomic E-state index is -3.73. The zero-order valence-corrected chi connectivity index (χ0v) is 10.2. The van der Waals surface area contributed by atoms with Crippen molar-refractivity contribution in [3.63, 3.8) is 0 Å². The number of carboxylic acid groups (broad SMARTS) is 1. The average Bonchev–Trinajstić information content (AvgIpc) is 2.25. The minimum Gasteiger partial charge on any atom is -0.481 e. The lowest BCUT2D eigenvalue weighted by molar-refractivity contribution is -0.136. The van der Waals surface area contributed by atoms with Gasteiger partial charge in [0.1, 0.15) is 0 Å². The second-order valence-electron chi connectivity index (χ2n) is 3.13. The molecule has 0 aromatic carbocycles. The fourth-order valence-corrected chi connectivity index (χ4v) is 1.76. The highest BCUT2D eigenvalue weighted by atomic mass is 32.2. The number of sulfonamides is 1. The highest BCUT2D eigenvalue weighted by Crippen LogP contribution is 1.89. The van der Waals surface area contributed by atoms with E-state index in [2.05, 4.69) is 10.1 Å². The molecule has 3 N–H and O–H groups in total. The quantitative estimate of drug-likeness (QED) is 0.422. The summed E-state index contributed by atoms with van der Waals surface area (Å²) in [5, 5.41) is 10.7. The maximum atomic E-state index is 11.2. The smallest absolute Gasteiger partial charge is 0.304 e. The van der Waals surface area contributed by atoms with E-state index in [-0.39, 0.29) is 6.54 Å². The van der Waals surface area contributed by atoms with Crippen LogP contribution in [0.5, 0.6) is 0 Å². The molecule has 8 nitrogen and oxygen atoms in total. The first-order valence-corrected chi connectivity index (χ1v) is 6.47. The van der Waals surface area contributed by atoms with Crippen molar-refractivity contribution in [2.75, 3.05) is 32.6 Å². The van der Waals surface area contributed by atoms with Gasteiger partial charge in [0.05, 0.1) is 25.3 Å². The molecule has 9 heteroatoms. The van der Waals surface area contributed by atoms with Crippen molar-refractivity contribution in [3.8, 4) is 0 Å². The Balaban J connectivity index is 3.85. The van der Waals surface area contributed by atoms with Crippen molar-refractivity contribution in [2.24, 2.45) is 0 Å². The molecule has 0 aliphatic carbocycles. The van der Waals surface area contributed by atoms with E-state index < -0.39 is 40.6 Å². The lowest BCUT2D eigenvalue weighted by Gasteiger charge is -2.06. The summed E-state index contributed by atoms with van der Waals surface area (Å²) in [6.07, 6.45) is -0.499. The Kier molecular flexibility index (Phi) is 7.42. The van der Waals surface area contributed by atoms with Gasteiger partial charge in [0.25, 0.3) is 0 Å². The fourth-order valence-electron chi connectivity index (χ4n) is 0.824. The lowest BCUT2D eigenvalue weighted by atomic mass is 10.5. The van der Waals surface area contributed by atoms with E-state index in [9.17, 15) is 18.0 Å². The predicted octanol–water partition coefficient (Wildman–Crippen LogP) is -1.86. The summed E-state index contributed by atoms with van der Waals surface area (Å²) in [6, 6.07) is 0. The number of ether oxygens (including phenoxy) is 1. The van der Waals surface area contributed by atoms with Gasteiger partial charge in [-0.25, -0.2) is 13.1 Å². The summed E-state index contributed by atoms with van der Waals surface area (Å²) in [7, 11) is -2.25. The molecule has 0 saturated carbocycles. The van der Waals surface area contributed by atoms with E-state index in [4.69, 9.17) is 5.11 Å². The summed E-state index contributed by atoms with van der Waals surface area (Å²) < 4.78 is 29.1. The van der Waals surface area contributed by atoms with Crippen molar-refractivity contribution < 1.29 is 27.9 Å². The third-order valence-electron chi connectivity index (χ3n) is 1.67. The second kappa shape index (κ2) is 7.98. The van der Waals surface area contributed by atoms with E-state index in [1.54, 1.807) is 0 Å². The molecule has 0 radical (unpaired) electrons. The number of carbonyl (C=O) groups excluding carboxylic acids is 1. The SMILES string of the molecule is COCCNC(=O)CNS(=O)(=O)CCC(=O)O. The maximum absolute atomic E-state index is 11.2. The standard InChI is InChI=1S/C8H16N2O6S/c1-16-4-3-9-7(11)6-10-17(14,15)5-2-8(12)13/h10H,2-6H2,1H3,(H,9,11)(H,12,13). The maximum Gasteiger partial charge on any atom is 0.304 e. The molecule has 1 amide bonds. The molecule has 0 aromatic rings. The Morgan fingerprint density at radius 1 is 1.35 bits per heavy atom. The van der Waals surface area contributed by atoms with Crippen molar-refractivity contribution in [2.45, 2.75) is 6.42 Å².